The largest absolute Gasteiger partial charge is 0.488 e. The zero-order chi connectivity index (χ0) is 13.8. The predicted octanol–water partition coefficient (Wildman–Crippen LogP) is 0.784. The number of carboxylic acid groups (broad SMARTS) is 1. The molecule has 5 nitrogen and oxygen atoms in total. The van der Waals surface area contributed by atoms with Crippen LogP contribution < -0.4 is 15.4 Å². The number of aliphatic carboxylic acids is 1. The quantitative estimate of drug-likeness (QED) is 0.782. The lowest BCUT2D eigenvalue weighted by molar-refractivity contribution is -0.143. The normalized spacial score (nSPS) is 28.6. The number of likely N-dealkylation sites (N-methyl/N-ethyl adjacent to an activating group) is 1. The molecule has 0 fully saturated rings. The third-order valence-corrected chi connectivity index (χ3v) is 3.96. The zero-order valence-electron chi connectivity index (χ0n) is 11.1. The van der Waals surface area contributed by atoms with Gasteiger partial charge in [0.2, 0.25) is 0 Å². The summed E-state index contributed by atoms with van der Waals surface area (Å²) >= 11 is 0. The molecular formula is C14H18N2O3. The summed E-state index contributed by atoms with van der Waals surface area (Å²) in [4.78, 5) is 13.2. The average molecular weight is 262 g/mol. The number of benzene rings is 1. The summed E-state index contributed by atoms with van der Waals surface area (Å²) < 4.78 is 5.87. The minimum Gasteiger partial charge on any atom is -0.488 e. The molecule has 1 aromatic carbocycles. The molecule has 3 N–H and O–H groups in total. The van der Waals surface area contributed by atoms with Gasteiger partial charge in [0.05, 0.1) is 5.69 Å². The van der Waals surface area contributed by atoms with Crippen molar-refractivity contribution in [3.8, 4) is 5.75 Å². The molecule has 0 aliphatic carbocycles. The summed E-state index contributed by atoms with van der Waals surface area (Å²) in [6, 6.07) is 4.01. The molecule has 3 rings (SSSR count). The second-order valence-electron chi connectivity index (χ2n) is 5.69. The molecule has 0 bridgehead atoms. The average Bonchev–Trinajstić information content (AvgIpc) is 2.68. The van der Waals surface area contributed by atoms with Crippen molar-refractivity contribution in [1.82, 2.24) is 0 Å². The van der Waals surface area contributed by atoms with Crippen LogP contribution in [0.15, 0.2) is 12.1 Å². The Labute approximate surface area is 112 Å². The van der Waals surface area contributed by atoms with E-state index in [-0.39, 0.29) is 6.10 Å². The third kappa shape index (κ3) is 1.76. The third-order valence-electron chi connectivity index (χ3n) is 3.96. The van der Waals surface area contributed by atoms with E-state index < -0.39 is 11.5 Å². The van der Waals surface area contributed by atoms with Crippen molar-refractivity contribution in [3.05, 3.63) is 23.3 Å². The van der Waals surface area contributed by atoms with Crippen LogP contribution in [0.25, 0.3) is 0 Å². The maximum atomic E-state index is 11.3. The van der Waals surface area contributed by atoms with E-state index in [1.165, 1.54) is 5.56 Å². The Bertz CT molecular complexity index is 558. The fourth-order valence-corrected chi connectivity index (χ4v) is 3.10. The first-order valence-electron chi connectivity index (χ1n) is 6.45. The Morgan fingerprint density at radius 2 is 2.21 bits per heavy atom. The van der Waals surface area contributed by atoms with Gasteiger partial charge in [0.15, 0.2) is 0 Å². The lowest BCUT2D eigenvalue weighted by Gasteiger charge is -2.38. The van der Waals surface area contributed by atoms with Crippen molar-refractivity contribution in [1.29, 1.82) is 0 Å². The standard InChI is InChI=1S/C14H18N2O3/c1-8-5-9-3-4-10-6-14(15,13(17)18)7-16(2)11(10)12(9)19-8/h3-4,8H,5-7,15H2,1-2H3,(H,17,18). The maximum Gasteiger partial charge on any atom is 0.325 e. The van der Waals surface area contributed by atoms with Gasteiger partial charge in [0, 0.05) is 26.4 Å². The second kappa shape index (κ2) is 3.87. The highest BCUT2D eigenvalue weighted by Crippen LogP contribution is 2.43. The maximum absolute atomic E-state index is 11.3. The minimum absolute atomic E-state index is 0.180. The zero-order valence-corrected chi connectivity index (χ0v) is 11.1. The van der Waals surface area contributed by atoms with Crippen molar-refractivity contribution in [3.63, 3.8) is 0 Å². The SMILES string of the molecule is CC1Cc2ccc3c(c2O1)N(C)CC(N)(C(=O)O)C3. The van der Waals surface area contributed by atoms with Gasteiger partial charge in [-0.3, -0.25) is 4.79 Å². The summed E-state index contributed by atoms with van der Waals surface area (Å²) in [6.07, 6.45) is 1.43. The molecule has 2 unspecified atom stereocenters. The molecule has 0 aromatic heterocycles. The summed E-state index contributed by atoms with van der Waals surface area (Å²) in [7, 11) is 1.87. The lowest BCUT2D eigenvalue weighted by Crippen LogP contribution is -2.59. The molecule has 2 aliphatic rings. The van der Waals surface area contributed by atoms with Gasteiger partial charge in [-0.1, -0.05) is 12.1 Å². The van der Waals surface area contributed by atoms with Gasteiger partial charge >= 0.3 is 5.97 Å². The predicted molar refractivity (Wildman–Crippen MR) is 71.8 cm³/mol. The van der Waals surface area contributed by atoms with E-state index in [0.717, 1.165) is 23.4 Å². The van der Waals surface area contributed by atoms with Crippen LogP contribution >= 0.6 is 0 Å². The fraction of sp³-hybridized carbons (Fsp3) is 0.500. The lowest BCUT2D eigenvalue weighted by atomic mass is 9.85. The fourth-order valence-electron chi connectivity index (χ4n) is 3.10. The number of hydrogen-bond donors (Lipinski definition) is 2. The van der Waals surface area contributed by atoms with Gasteiger partial charge in [-0.15, -0.1) is 0 Å². The molecule has 102 valence electrons. The molecule has 2 atom stereocenters. The van der Waals surface area contributed by atoms with Gasteiger partial charge in [0.25, 0.3) is 0 Å². The summed E-state index contributed by atoms with van der Waals surface area (Å²) in [6.45, 7) is 2.34. The van der Waals surface area contributed by atoms with Crippen molar-refractivity contribution in [2.45, 2.75) is 31.4 Å². The molecule has 2 heterocycles. The van der Waals surface area contributed by atoms with E-state index in [1.807, 2.05) is 31.0 Å². The van der Waals surface area contributed by atoms with E-state index in [2.05, 4.69) is 0 Å². The number of nitrogens with two attached hydrogens (primary N) is 1. The monoisotopic (exact) mass is 262 g/mol. The molecule has 19 heavy (non-hydrogen) atoms. The van der Waals surface area contributed by atoms with Crippen LogP contribution in [0.3, 0.4) is 0 Å². The van der Waals surface area contributed by atoms with Crippen molar-refractivity contribution in [2.24, 2.45) is 5.73 Å². The van der Waals surface area contributed by atoms with Crippen molar-refractivity contribution < 1.29 is 14.6 Å². The Morgan fingerprint density at radius 3 is 2.89 bits per heavy atom. The number of nitrogens with zero attached hydrogens (tertiary/aromatic N) is 1. The van der Waals surface area contributed by atoms with E-state index in [4.69, 9.17) is 10.5 Å². The first-order chi connectivity index (χ1) is 8.90. The number of carboxylic acids is 1. The van der Waals surface area contributed by atoms with Crippen LogP contribution in [-0.4, -0.2) is 36.3 Å². The van der Waals surface area contributed by atoms with Crippen molar-refractivity contribution >= 4 is 11.7 Å². The number of hydrogen-bond acceptors (Lipinski definition) is 4. The number of rotatable bonds is 1. The van der Waals surface area contributed by atoms with Crippen LogP contribution in [0, 0.1) is 0 Å². The minimum atomic E-state index is -1.22. The Morgan fingerprint density at radius 1 is 1.53 bits per heavy atom. The van der Waals surface area contributed by atoms with E-state index in [9.17, 15) is 9.90 Å². The Balaban J connectivity index is 2.08. The van der Waals surface area contributed by atoms with Gasteiger partial charge in [-0.2, -0.15) is 0 Å². The van der Waals surface area contributed by atoms with E-state index >= 15 is 0 Å². The molecule has 0 saturated carbocycles. The number of carbonyl (C=O) groups is 1. The van der Waals surface area contributed by atoms with E-state index in [0.29, 0.717) is 13.0 Å². The Kier molecular flexibility index (Phi) is 2.50. The van der Waals surface area contributed by atoms with Crippen LogP contribution in [-0.2, 0) is 17.6 Å². The molecule has 5 heteroatoms. The smallest absolute Gasteiger partial charge is 0.325 e. The highest BCUT2D eigenvalue weighted by atomic mass is 16.5. The number of anilines is 1. The summed E-state index contributed by atoms with van der Waals surface area (Å²) in [5.74, 6) is -0.0558. The molecule has 2 aliphatic heterocycles. The molecule has 0 saturated heterocycles. The Hall–Kier alpha value is -1.75. The molecule has 0 amide bonds. The molecule has 0 radical (unpaired) electrons. The summed E-state index contributed by atoms with van der Waals surface area (Å²) in [5.41, 5.74) is 7.92. The van der Waals surface area contributed by atoms with Gasteiger partial charge < -0.3 is 20.5 Å². The number of ether oxygens (including phenoxy) is 1. The first kappa shape index (κ1) is 12.3. The van der Waals surface area contributed by atoms with E-state index in [1.54, 1.807) is 0 Å². The molecule has 1 aromatic rings. The molecule has 0 spiro atoms. The highest BCUT2D eigenvalue weighted by Gasteiger charge is 2.42. The van der Waals surface area contributed by atoms with Gasteiger partial charge in [-0.05, 0) is 18.1 Å². The van der Waals surface area contributed by atoms with Gasteiger partial charge in [0.1, 0.15) is 17.4 Å². The van der Waals surface area contributed by atoms with Crippen molar-refractivity contribution in [2.75, 3.05) is 18.5 Å². The van der Waals surface area contributed by atoms with Crippen LogP contribution in [0.1, 0.15) is 18.1 Å². The second-order valence-corrected chi connectivity index (χ2v) is 5.69. The first-order valence-corrected chi connectivity index (χ1v) is 6.45. The molecular weight excluding hydrogens is 244 g/mol. The van der Waals surface area contributed by atoms with Gasteiger partial charge in [-0.25, -0.2) is 0 Å². The van der Waals surface area contributed by atoms with Crippen LogP contribution in [0.2, 0.25) is 0 Å². The van der Waals surface area contributed by atoms with Crippen LogP contribution in [0.5, 0.6) is 5.75 Å². The summed E-state index contributed by atoms with van der Waals surface area (Å²) in [5, 5.41) is 9.29. The number of fused-ring (bicyclic) bond motifs is 3. The topological polar surface area (TPSA) is 75.8 Å². The van der Waals surface area contributed by atoms with Crippen LogP contribution in [0.4, 0.5) is 5.69 Å². The highest BCUT2D eigenvalue weighted by molar-refractivity contribution is 5.83.